The minimum Gasteiger partial charge on any atom is -0.397 e. The molecule has 3 N–H and O–H groups in total. The molecule has 2 rings (SSSR count). The van der Waals surface area contributed by atoms with Crippen LogP contribution < -0.4 is 16.0 Å². The van der Waals surface area contributed by atoms with Crippen molar-refractivity contribution in [1.82, 2.24) is 10.5 Å². The van der Waals surface area contributed by atoms with Gasteiger partial charge in [-0.15, -0.1) is 0 Å². The van der Waals surface area contributed by atoms with Gasteiger partial charge in [0.1, 0.15) is 0 Å². The zero-order valence-electron chi connectivity index (χ0n) is 10.9. The van der Waals surface area contributed by atoms with Gasteiger partial charge in [-0.3, -0.25) is 4.79 Å². The summed E-state index contributed by atoms with van der Waals surface area (Å²) in [5.41, 5.74) is 7.87. The lowest BCUT2D eigenvalue weighted by Gasteiger charge is -2.15. The van der Waals surface area contributed by atoms with E-state index in [1.54, 1.807) is 18.2 Å². The fourth-order valence-electron chi connectivity index (χ4n) is 1.71. The van der Waals surface area contributed by atoms with Crippen molar-refractivity contribution < 1.29 is 9.32 Å². The number of hydrogen-bond acceptors (Lipinski definition) is 5. The second-order valence-corrected chi connectivity index (χ2v) is 4.33. The standard InChI is InChI=1S/C13H16N4O2/c1-17(2)12-4-3-9(7-11(12)14)13(18)15-8-10-5-6-16-19-10/h3-7H,8,14H2,1-2H3,(H,15,18). The molecule has 6 heteroatoms. The van der Waals surface area contributed by atoms with Gasteiger partial charge in [0, 0.05) is 25.7 Å². The maximum atomic E-state index is 11.9. The molecule has 0 spiro atoms. The van der Waals surface area contributed by atoms with E-state index in [9.17, 15) is 4.79 Å². The average Bonchev–Trinajstić information content (AvgIpc) is 2.88. The summed E-state index contributed by atoms with van der Waals surface area (Å²) in [5, 5.41) is 6.30. The highest BCUT2D eigenvalue weighted by Crippen LogP contribution is 2.22. The van der Waals surface area contributed by atoms with Crippen LogP contribution in [0.5, 0.6) is 0 Å². The zero-order chi connectivity index (χ0) is 13.8. The van der Waals surface area contributed by atoms with Crippen molar-refractivity contribution in [2.24, 2.45) is 0 Å². The Morgan fingerprint density at radius 1 is 1.42 bits per heavy atom. The summed E-state index contributed by atoms with van der Waals surface area (Å²) in [6.45, 7) is 0.300. The monoisotopic (exact) mass is 260 g/mol. The lowest BCUT2D eigenvalue weighted by molar-refractivity contribution is 0.0947. The Labute approximate surface area is 111 Å². The van der Waals surface area contributed by atoms with Crippen molar-refractivity contribution in [3.8, 4) is 0 Å². The number of nitrogens with one attached hydrogen (secondary N) is 1. The Morgan fingerprint density at radius 2 is 2.21 bits per heavy atom. The van der Waals surface area contributed by atoms with Crippen LogP contribution in [0.2, 0.25) is 0 Å². The van der Waals surface area contributed by atoms with Crippen LogP contribution >= 0.6 is 0 Å². The smallest absolute Gasteiger partial charge is 0.251 e. The number of hydrogen-bond donors (Lipinski definition) is 2. The third-order valence-corrected chi connectivity index (χ3v) is 2.69. The Balaban J connectivity index is 2.05. The molecule has 6 nitrogen and oxygen atoms in total. The molecule has 0 atom stereocenters. The van der Waals surface area contributed by atoms with Gasteiger partial charge in [0.25, 0.3) is 5.91 Å². The maximum Gasteiger partial charge on any atom is 0.251 e. The highest BCUT2D eigenvalue weighted by atomic mass is 16.5. The van der Waals surface area contributed by atoms with E-state index in [0.29, 0.717) is 23.6 Å². The van der Waals surface area contributed by atoms with E-state index in [1.165, 1.54) is 6.20 Å². The van der Waals surface area contributed by atoms with Crippen molar-refractivity contribution in [3.05, 3.63) is 41.8 Å². The maximum absolute atomic E-state index is 11.9. The van der Waals surface area contributed by atoms with E-state index in [-0.39, 0.29) is 5.91 Å². The van der Waals surface area contributed by atoms with Crippen LogP contribution in [0.4, 0.5) is 11.4 Å². The molecular weight excluding hydrogens is 244 g/mol. The van der Waals surface area contributed by atoms with E-state index >= 15 is 0 Å². The van der Waals surface area contributed by atoms with Crippen LogP contribution in [0.1, 0.15) is 16.1 Å². The minimum absolute atomic E-state index is 0.201. The van der Waals surface area contributed by atoms with Crippen molar-refractivity contribution in [2.75, 3.05) is 24.7 Å². The number of nitrogens with zero attached hydrogens (tertiary/aromatic N) is 2. The summed E-state index contributed by atoms with van der Waals surface area (Å²) in [5.74, 6) is 0.402. The van der Waals surface area contributed by atoms with E-state index in [2.05, 4.69) is 10.5 Å². The SMILES string of the molecule is CN(C)c1ccc(C(=O)NCc2ccno2)cc1N. The van der Waals surface area contributed by atoms with Crippen LogP contribution in [-0.4, -0.2) is 25.2 Å². The number of anilines is 2. The molecule has 19 heavy (non-hydrogen) atoms. The zero-order valence-corrected chi connectivity index (χ0v) is 10.9. The summed E-state index contributed by atoms with van der Waals surface area (Å²) in [4.78, 5) is 13.8. The molecule has 1 heterocycles. The first-order valence-electron chi connectivity index (χ1n) is 5.82. The van der Waals surface area contributed by atoms with Crippen LogP contribution in [0.3, 0.4) is 0 Å². The number of aromatic nitrogens is 1. The fraction of sp³-hybridized carbons (Fsp3) is 0.231. The van der Waals surface area contributed by atoms with Crippen molar-refractivity contribution in [1.29, 1.82) is 0 Å². The van der Waals surface area contributed by atoms with Gasteiger partial charge in [0.05, 0.1) is 24.1 Å². The molecule has 0 aliphatic heterocycles. The Morgan fingerprint density at radius 3 is 2.79 bits per heavy atom. The van der Waals surface area contributed by atoms with Crippen LogP contribution in [0.25, 0.3) is 0 Å². The lowest BCUT2D eigenvalue weighted by atomic mass is 10.1. The van der Waals surface area contributed by atoms with Crippen molar-refractivity contribution in [3.63, 3.8) is 0 Å². The molecular formula is C13H16N4O2. The predicted octanol–water partition coefficient (Wildman–Crippen LogP) is 1.25. The van der Waals surface area contributed by atoms with E-state index in [4.69, 9.17) is 10.3 Å². The molecule has 2 aromatic rings. The average molecular weight is 260 g/mol. The van der Waals surface area contributed by atoms with E-state index in [0.717, 1.165) is 5.69 Å². The largest absolute Gasteiger partial charge is 0.397 e. The molecule has 0 aliphatic rings. The summed E-state index contributed by atoms with van der Waals surface area (Å²) >= 11 is 0. The summed E-state index contributed by atoms with van der Waals surface area (Å²) in [6, 6.07) is 6.91. The number of benzene rings is 1. The Bertz CT molecular complexity index is 564. The number of rotatable bonds is 4. The molecule has 0 radical (unpaired) electrons. The first-order valence-corrected chi connectivity index (χ1v) is 5.82. The molecule has 0 aliphatic carbocycles. The third kappa shape index (κ3) is 3.04. The summed E-state index contributed by atoms with van der Waals surface area (Å²) < 4.78 is 4.90. The highest BCUT2D eigenvalue weighted by molar-refractivity contribution is 5.96. The van der Waals surface area contributed by atoms with Crippen LogP contribution in [0, 0.1) is 0 Å². The fourth-order valence-corrected chi connectivity index (χ4v) is 1.71. The molecule has 0 saturated heterocycles. The molecule has 1 amide bonds. The van der Waals surface area contributed by atoms with Crippen molar-refractivity contribution >= 4 is 17.3 Å². The van der Waals surface area contributed by atoms with Gasteiger partial charge in [-0.25, -0.2) is 0 Å². The molecule has 100 valence electrons. The number of nitrogen functional groups attached to an aromatic ring is 1. The molecule has 1 aromatic heterocycles. The predicted molar refractivity (Wildman–Crippen MR) is 72.9 cm³/mol. The topological polar surface area (TPSA) is 84.4 Å². The number of amides is 1. The van der Waals surface area contributed by atoms with Crippen molar-refractivity contribution in [2.45, 2.75) is 6.54 Å². The van der Waals surface area contributed by atoms with Gasteiger partial charge >= 0.3 is 0 Å². The first kappa shape index (κ1) is 12.9. The molecule has 0 fully saturated rings. The Kier molecular flexibility index (Phi) is 3.70. The van der Waals surface area contributed by atoms with Gasteiger partial charge in [0.2, 0.25) is 0 Å². The second kappa shape index (κ2) is 5.43. The highest BCUT2D eigenvalue weighted by Gasteiger charge is 2.09. The van der Waals surface area contributed by atoms with Gasteiger partial charge < -0.3 is 20.5 Å². The third-order valence-electron chi connectivity index (χ3n) is 2.69. The van der Waals surface area contributed by atoms with Crippen LogP contribution in [-0.2, 0) is 6.54 Å². The lowest BCUT2D eigenvalue weighted by Crippen LogP contribution is -2.23. The normalized spacial score (nSPS) is 10.2. The molecule has 0 unspecified atom stereocenters. The number of nitrogens with two attached hydrogens (primary N) is 1. The molecule has 1 aromatic carbocycles. The number of carbonyl (C=O) groups excluding carboxylic acids is 1. The Hall–Kier alpha value is -2.50. The summed E-state index contributed by atoms with van der Waals surface area (Å²) in [7, 11) is 3.80. The first-order chi connectivity index (χ1) is 9.08. The van der Waals surface area contributed by atoms with Gasteiger partial charge in [-0.2, -0.15) is 0 Å². The minimum atomic E-state index is -0.201. The molecule has 0 bridgehead atoms. The second-order valence-electron chi connectivity index (χ2n) is 4.33. The van der Waals surface area contributed by atoms with Gasteiger partial charge in [-0.1, -0.05) is 5.16 Å². The molecule has 0 saturated carbocycles. The summed E-state index contributed by atoms with van der Waals surface area (Å²) in [6.07, 6.45) is 1.53. The van der Waals surface area contributed by atoms with E-state index < -0.39 is 0 Å². The van der Waals surface area contributed by atoms with Gasteiger partial charge in [0.15, 0.2) is 5.76 Å². The number of carbonyl (C=O) groups is 1. The quantitative estimate of drug-likeness (QED) is 0.808. The van der Waals surface area contributed by atoms with Gasteiger partial charge in [-0.05, 0) is 18.2 Å². The van der Waals surface area contributed by atoms with Crippen LogP contribution in [0.15, 0.2) is 35.0 Å². The van der Waals surface area contributed by atoms with E-state index in [1.807, 2.05) is 25.1 Å².